The van der Waals surface area contributed by atoms with Gasteiger partial charge in [0.1, 0.15) is 35.8 Å². The van der Waals surface area contributed by atoms with Gasteiger partial charge in [-0.1, -0.05) is 97.1 Å². The monoisotopic (exact) mass is 1070 g/mol. The van der Waals surface area contributed by atoms with Crippen LogP contribution in [0.15, 0.2) is 127 Å². The van der Waals surface area contributed by atoms with Gasteiger partial charge in [-0.2, -0.15) is 8.42 Å². The maximum atomic E-state index is 12.8. The summed E-state index contributed by atoms with van der Waals surface area (Å²) in [6.07, 6.45) is 1.02. The van der Waals surface area contributed by atoms with E-state index >= 15 is 0 Å². The Morgan fingerprint density at radius 3 is 1.45 bits per heavy atom. The molecule has 6 aromatic rings. The van der Waals surface area contributed by atoms with E-state index in [1.165, 1.54) is 6.92 Å². The summed E-state index contributed by atoms with van der Waals surface area (Å²) >= 11 is 0. The highest BCUT2D eigenvalue weighted by Crippen LogP contribution is 2.45. The molecule has 6 heterocycles. The molecule has 0 spiro atoms. The van der Waals surface area contributed by atoms with Crippen molar-refractivity contribution in [1.29, 1.82) is 0 Å². The molecule has 10 rings (SSSR count). The summed E-state index contributed by atoms with van der Waals surface area (Å²) in [5.41, 5.74) is 4.21. The van der Waals surface area contributed by atoms with Crippen LogP contribution in [0.2, 0.25) is 38.3 Å². The van der Waals surface area contributed by atoms with E-state index in [4.69, 9.17) is 42.9 Å². The Bertz CT molecular complexity index is 3520. The molecule has 4 aliphatic heterocycles. The van der Waals surface area contributed by atoms with Gasteiger partial charge in [-0.3, -0.25) is 22.6 Å². The van der Waals surface area contributed by atoms with Crippen LogP contribution in [0.4, 0.5) is 16.4 Å². The van der Waals surface area contributed by atoms with E-state index in [1.54, 1.807) is 0 Å². The number of carbonyl (C=O) groups is 3. The number of hydrogen-bond donors (Lipinski definition) is 4. The summed E-state index contributed by atoms with van der Waals surface area (Å²) in [5.74, 6) is 1.71. The summed E-state index contributed by atoms with van der Waals surface area (Å²) in [4.78, 5) is 69.7. The van der Waals surface area contributed by atoms with Crippen LogP contribution < -0.4 is 26.9 Å². The van der Waals surface area contributed by atoms with Gasteiger partial charge in [0.05, 0.1) is 5.75 Å². The molecule has 4 aromatic carbocycles. The first kappa shape index (κ1) is 50.6. The van der Waals surface area contributed by atoms with Crippen LogP contribution in [0.25, 0.3) is 21.5 Å². The number of urea groups is 1. The van der Waals surface area contributed by atoms with Crippen LogP contribution in [-0.4, -0.2) is 127 Å². The molecule has 1 unspecified atom stereocenters. The van der Waals surface area contributed by atoms with Crippen LogP contribution >= 0.6 is 0 Å². The quantitative estimate of drug-likeness (QED) is 0.0453. The van der Waals surface area contributed by atoms with Crippen molar-refractivity contribution < 1.29 is 40.3 Å². The second-order valence-electron chi connectivity index (χ2n) is 19.6. The minimum atomic E-state index is -4.58. The fourth-order valence-corrected chi connectivity index (χ4v) is 22.6. The molecule has 0 saturated heterocycles. The Kier molecular flexibility index (Phi) is 13.7. The number of amides is 3. The van der Waals surface area contributed by atoms with E-state index in [1.807, 2.05) is 97.1 Å². The smallest absolute Gasteiger partial charge is 0.404 e. The molecule has 6 bridgehead atoms. The number of hydrogen-bond acceptors (Lipinski definition) is 14. The molecular formula is C50H55N11O9SSi3. The van der Waals surface area contributed by atoms with E-state index in [9.17, 15) is 27.4 Å². The fraction of sp³-hybridized carbons (Fsp3) is 0.300. The molecule has 4 aliphatic rings. The Morgan fingerprint density at radius 1 is 0.568 bits per heavy atom. The zero-order valence-electron chi connectivity index (χ0n) is 41.5. The summed E-state index contributed by atoms with van der Waals surface area (Å²) in [7, 11) is -15.0. The lowest BCUT2D eigenvalue weighted by Gasteiger charge is -2.43. The number of benzene rings is 4. The molecule has 2 aromatic heterocycles. The molecule has 0 fully saturated rings. The Hall–Kier alpha value is -6.91. The number of aliphatic imine (C=N–C) groups is 4. The maximum Gasteiger partial charge on any atom is 0.582 e. The van der Waals surface area contributed by atoms with Gasteiger partial charge in [-0.05, 0) is 58.0 Å². The molecular weight excluding hydrogens is 1010 g/mol. The van der Waals surface area contributed by atoms with Gasteiger partial charge in [-0.25, -0.2) is 34.7 Å². The summed E-state index contributed by atoms with van der Waals surface area (Å²) in [6, 6.07) is 32.2. The van der Waals surface area contributed by atoms with Gasteiger partial charge in [0.15, 0.2) is 45.8 Å². The molecule has 74 heavy (non-hydrogen) atoms. The summed E-state index contributed by atoms with van der Waals surface area (Å²) < 4.78 is 57.6. The number of carbonyl (C=O) groups excluding carboxylic acids is 3. The Morgan fingerprint density at radius 2 is 0.986 bits per heavy atom. The normalized spacial score (nSPS) is 16.5. The van der Waals surface area contributed by atoms with Gasteiger partial charge >= 0.3 is 14.9 Å². The average molecular weight is 1070 g/mol. The predicted octanol–water partition coefficient (Wildman–Crippen LogP) is 5.50. The Labute approximate surface area is 429 Å². The van der Waals surface area contributed by atoms with Crippen molar-refractivity contribution in [2.45, 2.75) is 58.0 Å². The van der Waals surface area contributed by atoms with Crippen molar-refractivity contribution in [1.82, 2.24) is 24.4 Å². The highest BCUT2D eigenvalue weighted by molar-refractivity contribution is 7.85. The van der Waals surface area contributed by atoms with Crippen LogP contribution in [-0.2, 0) is 32.7 Å². The SMILES string of the molecule is CC(=O)COCC(=O)NCCC[Si](C)(C)O[Si]1(O[Si](C)(C)CCCNC(=O)NCCS(=O)(=O)O)n2c3c4ccccc4c2N=C2N=C(N=c4c5ccccc5c(n41)=NC1=NC(=N3)c3ccccc31)c1ccccc12. The lowest BCUT2D eigenvalue weighted by molar-refractivity contribution is -0.129. The average Bonchev–Trinajstić information content (AvgIpc) is 4.07. The van der Waals surface area contributed by atoms with E-state index in [0.29, 0.717) is 77.4 Å². The van der Waals surface area contributed by atoms with E-state index < -0.39 is 47.4 Å². The lowest BCUT2D eigenvalue weighted by Crippen LogP contribution is -2.70. The van der Waals surface area contributed by atoms with Crippen LogP contribution in [0, 0.1) is 0 Å². The fourth-order valence-electron chi connectivity index (χ4n) is 9.61. The largest absolute Gasteiger partial charge is 0.582 e. The summed E-state index contributed by atoms with van der Waals surface area (Å²) in [6.45, 7) is 9.82. The first-order valence-corrected chi connectivity index (χ1v) is 33.9. The van der Waals surface area contributed by atoms with Crippen LogP contribution in [0.1, 0.15) is 42.0 Å². The molecule has 24 heteroatoms. The Balaban J connectivity index is 1.22. The number of aromatic nitrogens is 2. The molecule has 3 amide bonds. The number of ether oxygens (including phenoxy) is 1. The van der Waals surface area contributed by atoms with Gasteiger partial charge in [0.25, 0.3) is 10.1 Å². The van der Waals surface area contributed by atoms with Crippen molar-refractivity contribution in [3.63, 3.8) is 0 Å². The predicted molar refractivity (Wildman–Crippen MR) is 289 cm³/mol. The van der Waals surface area contributed by atoms with Gasteiger partial charge in [0.2, 0.25) is 5.91 Å². The molecule has 1 atom stereocenters. The number of nitrogens with one attached hydrogen (secondary N) is 3. The van der Waals surface area contributed by atoms with Gasteiger partial charge in [0, 0.05) is 63.4 Å². The topological polar surface area (TPSA) is 253 Å². The third kappa shape index (κ3) is 10.2. The number of fused-ring (bicyclic) bond motifs is 14. The molecule has 0 saturated carbocycles. The second-order valence-corrected chi connectivity index (χ2v) is 32.8. The van der Waals surface area contributed by atoms with Crippen LogP contribution in [0.5, 0.6) is 0 Å². The summed E-state index contributed by atoms with van der Waals surface area (Å²) in [5, 5.41) is 11.3. The highest BCUT2D eigenvalue weighted by Gasteiger charge is 2.58. The third-order valence-electron chi connectivity index (χ3n) is 12.8. The van der Waals surface area contributed by atoms with Gasteiger partial charge in [-0.15, -0.1) is 0 Å². The molecule has 4 N–H and O–H groups in total. The van der Waals surface area contributed by atoms with Crippen LogP contribution in [0.3, 0.4) is 0 Å². The standard InChI is InChI=1S/C50H55N11O9SSi3/c1-32(62)30-68-31-41(63)51-24-14-28-72(2,3)69-74(70-73(4,5)29-15-25-52-50(64)53-26-27-71(65,66)67)60-46-37-20-10-11-21-38(37)48(60)58-44-35-18-8-9-19-36(35)45(55-44)59-49-40-23-13-12-22-39(40)47(61(49)74)57-43-34-17-7-6-16-33(34)42(54-43)56-46/h6-13,16-23H,14-15,24-31H2,1-5H3,(H,51,63)(H2,52,53,64)(H,65,66,67). The highest BCUT2D eigenvalue weighted by atomic mass is 32.2. The van der Waals surface area contributed by atoms with Crippen molar-refractivity contribution in [3.8, 4) is 0 Å². The maximum absolute atomic E-state index is 12.8. The first-order valence-electron chi connectivity index (χ1n) is 24.4. The minimum absolute atomic E-state index is 0.148. The zero-order chi connectivity index (χ0) is 52.0. The van der Waals surface area contributed by atoms with Crippen molar-refractivity contribution in [2.24, 2.45) is 30.0 Å². The van der Waals surface area contributed by atoms with E-state index in [2.05, 4.69) is 50.6 Å². The number of rotatable bonds is 19. The number of nitrogens with zero attached hydrogens (tertiary/aromatic N) is 8. The molecule has 382 valence electrons. The number of Topliss-reactive ketones (excluding diaryl/α,β-unsaturated/α-hetero) is 1. The number of ketones is 1. The van der Waals surface area contributed by atoms with E-state index in [-0.39, 0.29) is 38.0 Å². The number of amidine groups is 4. The minimum Gasteiger partial charge on any atom is -0.404 e. The van der Waals surface area contributed by atoms with Crippen molar-refractivity contribution in [3.05, 3.63) is 130 Å². The van der Waals surface area contributed by atoms with Gasteiger partial charge < -0.3 is 28.9 Å². The third-order valence-corrected chi connectivity index (χ3v) is 25.2. The molecule has 20 nitrogen and oxygen atoms in total. The lowest BCUT2D eigenvalue weighted by atomic mass is 10.1. The second kappa shape index (κ2) is 20.1. The van der Waals surface area contributed by atoms with E-state index in [0.717, 1.165) is 43.8 Å². The van der Waals surface area contributed by atoms with Crippen molar-refractivity contribution in [2.75, 3.05) is 38.6 Å². The molecule has 0 radical (unpaired) electrons. The first-order chi connectivity index (χ1) is 35.4. The zero-order valence-corrected chi connectivity index (χ0v) is 45.3. The van der Waals surface area contributed by atoms with Crippen molar-refractivity contribution >= 4 is 110 Å². The molecule has 0 aliphatic carbocycles.